The van der Waals surface area contributed by atoms with Crippen LogP contribution in [0.15, 0.2) is 30.5 Å². The largest absolute Gasteiger partial charge is 0.387 e. The lowest BCUT2D eigenvalue weighted by Gasteiger charge is -2.38. The van der Waals surface area contributed by atoms with Crippen LogP contribution in [0.5, 0.6) is 0 Å². The third kappa shape index (κ3) is 5.70. The van der Waals surface area contributed by atoms with Crippen LogP contribution in [-0.4, -0.2) is 81.1 Å². The summed E-state index contributed by atoms with van der Waals surface area (Å²) in [5.41, 5.74) is 0.574. The number of rotatable bonds is 8. The molecule has 38 heavy (non-hydrogen) atoms. The molecule has 11 heteroatoms. The van der Waals surface area contributed by atoms with Gasteiger partial charge in [0, 0.05) is 57.5 Å². The molecule has 1 aromatic carbocycles. The van der Waals surface area contributed by atoms with Crippen LogP contribution < -0.4 is 10.2 Å². The highest BCUT2D eigenvalue weighted by molar-refractivity contribution is 5.80. The van der Waals surface area contributed by atoms with Crippen LogP contribution in [-0.2, 0) is 11.3 Å². The average Bonchev–Trinajstić information content (AvgIpc) is 2.86. The van der Waals surface area contributed by atoms with Crippen molar-refractivity contribution < 1.29 is 23.7 Å². The van der Waals surface area contributed by atoms with Gasteiger partial charge in [0.25, 0.3) is 0 Å². The lowest BCUT2D eigenvalue weighted by Crippen LogP contribution is -2.47. The SMILES string of the molecule is COC1CC(Nc2nc3cnc(C(O)C(C)(C)O)cc3nc2N2CCN(Cc3ccc(F)cc3F)CC2)C1. The molecule has 2 fully saturated rings. The van der Waals surface area contributed by atoms with Crippen LogP contribution in [0.2, 0.25) is 0 Å². The zero-order chi connectivity index (χ0) is 27.0. The van der Waals surface area contributed by atoms with E-state index in [4.69, 9.17) is 14.7 Å². The number of pyridine rings is 1. The van der Waals surface area contributed by atoms with E-state index in [0.717, 1.165) is 18.9 Å². The Bertz CT molecular complexity index is 1290. The second-order valence-corrected chi connectivity index (χ2v) is 10.7. The highest BCUT2D eigenvalue weighted by Gasteiger charge is 2.32. The first-order chi connectivity index (χ1) is 18.1. The van der Waals surface area contributed by atoms with Gasteiger partial charge in [-0.1, -0.05) is 6.07 Å². The van der Waals surface area contributed by atoms with Crippen LogP contribution >= 0.6 is 0 Å². The Balaban J connectivity index is 1.38. The molecule has 3 N–H and O–H groups in total. The van der Waals surface area contributed by atoms with E-state index in [0.29, 0.717) is 66.7 Å². The number of aromatic nitrogens is 3. The van der Waals surface area contributed by atoms with Gasteiger partial charge >= 0.3 is 0 Å². The Morgan fingerprint density at radius 3 is 2.50 bits per heavy atom. The smallest absolute Gasteiger partial charge is 0.172 e. The minimum Gasteiger partial charge on any atom is -0.387 e. The molecular weight excluding hydrogens is 494 g/mol. The molecule has 1 aliphatic heterocycles. The standard InChI is InChI=1S/C27H34F2N6O3/c1-27(2,37)24(36)22-13-21-23(14-30-22)32-25(31-18-11-19(12-18)38-3)26(33-21)35-8-6-34(7-9-35)15-16-4-5-17(28)10-20(16)29/h4-5,10,13-14,18-19,24,36-37H,6-9,11-12,15H2,1-3H3,(H,31,32). The average molecular weight is 529 g/mol. The van der Waals surface area contributed by atoms with E-state index in [-0.39, 0.29) is 12.1 Å². The summed E-state index contributed by atoms with van der Waals surface area (Å²) in [7, 11) is 1.71. The second kappa shape index (κ2) is 10.6. The number of nitrogens with zero attached hydrogens (tertiary/aromatic N) is 5. The molecule has 5 rings (SSSR count). The molecule has 1 aliphatic carbocycles. The molecule has 3 heterocycles. The molecule has 204 valence electrons. The van der Waals surface area contributed by atoms with E-state index in [1.165, 1.54) is 26.0 Å². The van der Waals surface area contributed by atoms with Gasteiger partial charge in [0.05, 0.1) is 29.1 Å². The summed E-state index contributed by atoms with van der Waals surface area (Å²) in [5.74, 6) is 0.239. The van der Waals surface area contributed by atoms with Crippen molar-refractivity contribution in [3.05, 3.63) is 53.4 Å². The Morgan fingerprint density at radius 2 is 1.84 bits per heavy atom. The second-order valence-electron chi connectivity index (χ2n) is 10.7. The van der Waals surface area contributed by atoms with Gasteiger partial charge in [-0.3, -0.25) is 9.88 Å². The number of aliphatic hydroxyl groups excluding tert-OH is 1. The van der Waals surface area contributed by atoms with Gasteiger partial charge < -0.3 is 25.2 Å². The minimum atomic E-state index is -1.36. The van der Waals surface area contributed by atoms with Gasteiger partial charge in [-0.05, 0) is 38.8 Å². The maximum Gasteiger partial charge on any atom is 0.172 e. The summed E-state index contributed by atoms with van der Waals surface area (Å²) >= 11 is 0. The number of halogens is 2. The fourth-order valence-electron chi connectivity index (χ4n) is 4.87. The normalized spacial score (nSPS) is 21.4. The van der Waals surface area contributed by atoms with Crippen molar-refractivity contribution in [2.75, 3.05) is 43.5 Å². The minimum absolute atomic E-state index is 0.220. The topological polar surface area (TPSA) is 107 Å². The molecule has 9 nitrogen and oxygen atoms in total. The Morgan fingerprint density at radius 1 is 1.11 bits per heavy atom. The van der Waals surface area contributed by atoms with Crippen molar-refractivity contribution in [1.29, 1.82) is 0 Å². The molecule has 1 saturated heterocycles. The fourth-order valence-corrected chi connectivity index (χ4v) is 4.87. The first-order valence-corrected chi connectivity index (χ1v) is 12.9. The quantitative estimate of drug-likeness (QED) is 0.407. The molecule has 0 spiro atoms. The first kappa shape index (κ1) is 26.6. The number of piperazine rings is 1. The van der Waals surface area contributed by atoms with Crippen LogP contribution in [0.4, 0.5) is 20.4 Å². The molecule has 2 aliphatic rings. The van der Waals surface area contributed by atoms with Crippen molar-refractivity contribution in [3.8, 4) is 0 Å². The first-order valence-electron chi connectivity index (χ1n) is 12.9. The van der Waals surface area contributed by atoms with Crippen molar-refractivity contribution in [1.82, 2.24) is 19.9 Å². The third-order valence-electron chi connectivity index (χ3n) is 7.35. The number of aliphatic hydroxyl groups is 2. The van der Waals surface area contributed by atoms with E-state index in [9.17, 15) is 19.0 Å². The van der Waals surface area contributed by atoms with Crippen molar-refractivity contribution in [3.63, 3.8) is 0 Å². The summed E-state index contributed by atoms with van der Waals surface area (Å²) in [4.78, 5) is 18.4. The van der Waals surface area contributed by atoms with E-state index in [1.54, 1.807) is 19.4 Å². The van der Waals surface area contributed by atoms with E-state index >= 15 is 0 Å². The van der Waals surface area contributed by atoms with E-state index in [1.807, 2.05) is 0 Å². The van der Waals surface area contributed by atoms with Crippen LogP contribution in [0.25, 0.3) is 11.0 Å². The summed E-state index contributed by atoms with van der Waals surface area (Å²) in [6.07, 6.45) is 2.37. The van der Waals surface area contributed by atoms with Crippen LogP contribution in [0.1, 0.15) is 44.1 Å². The summed E-state index contributed by atoms with van der Waals surface area (Å²) in [6, 6.07) is 5.58. The zero-order valence-corrected chi connectivity index (χ0v) is 21.9. The Labute approximate surface area is 220 Å². The number of benzene rings is 1. The number of fused-ring (bicyclic) bond motifs is 1. The Hall–Kier alpha value is -2.99. The van der Waals surface area contributed by atoms with Gasteiger partial charge in [-0.25, -0.2) is 18.7 Å². The lowest BCUT2D eigenvalue weighted by atomic mass is 9.89. The van der Waals surface area contributed by atoms with Gasteiger partial charge in [-0.15, -0.1) is 0 Å². The van der Waals surface area contributed by atoms with Crippen molar-refractivity contribution in [2.45, 2.75) is 57.1 Å². The van der Waals surface area contributed by atoms with Gasteiger partial charge in [-0.2, -0.15) is 0 Å². The molecular formula is C27H34F2N6O3. The maximum absolute atomic E-state index is 14.2. The number of ether oxygens (including phenoxy) is 1. The molecule has 0 amide bonds. The molecule has 1 saturated carbocycles. The monoisotopic (exact) mass is 528 g/mol. The fraction of sp³-hybridized carbons (Fsp3) is 0.519. The zero-order valence-electron chi connectivity index (χ0n) is 21.9. The van der Waals surface area contributed by atoms with Crippen molar-refractivity contribution in [2.24, 2.45) is 0 Å². The number of hydrogen-bond acceptors (Lipinski definition) is 9. The van der Waals surface area contributed by atoms with Crippen LogP contribution in [0.3, 0.4) is 0 Å². The molecule has 2 aromatic heterocycles. The molecule has 0 bridgehead atoms. The van der Waals surface area contributed by atoms with Crippen molar-refractivity contribution >= 4 is 22.7 Å². The predicted molar refractivity (Wildman–Crippen MR) is 140 cm³/mol. The molecule has 0 radical (unpaired) electrons. The molecule has 3 aromatic rings. The highest BCUT2D eigenvalue weighted by Crippen LogP contribution is 2.33. The van der Waals surface area contributed by atoms with E-state index in [2.05, 4.69) is 20.1 Å². The summed E-state index contributed by atoms with van der Waals surface area (Å²) < 4.78 is 32.9. The number of hydrogen-bond donors (Lipinski definition) is 3. The van der Waals surface area contributed by atoms with Gasteiger partial charge in [0.2, 0.25) is 0 Å². The number of methoxy groups -OCH3 is 1. The lowest BCUT2D eigenvalue weighted by molar-refractivity contribution is -0.0516. The van der Waals surface area contributed by atoms with E-state index < -0.39 is 23.3 Å². The maximum atomic E-state index is 14.2. The van der Waals surface area contributed by atoms with Crippen LogP contribution in [0, 0.1) is 11.6 Å². The van der Waals surface area contributed by atoms with Gasteiger partial charge in [0.15, 0.2) is 11.6 Å². The summed E-state index contributed by atoms with van der Waals surface area (Å²) in [6.45, 7) is 6.08. The number of anilines is 2. The highest BCUT2D eigenvalue weighted by atomic mass is 19.1. The third-order valence-corrected chi connectivity index (χ3v) is 7.35. The Kier molecular flexibility index (Phi) is 7.45. The summed E-state index contributed by atoms with van der Waals surface area (Å²) in [5, 5.41) is 24.3. The molecule has 1 atom stereocenters. The number of nitrogens with one attached hydrogen (secondary N) is 1. The van der Waals surface area contributed by atoms with Gasteiger partial charge in [0.1, 0.15) is 23.3 Å². The predicted octanol–water partition coefficient (Wildman–Crippen LogP) is 3.02. The molecule has 1 unspecified atom stereocenters.